The molecule has 3 atom stereocenters. The van der Waals surface area contributed by atoms with Gasteiger partial charge in [-0.1, -0.05) is 19.1 Å². The number of rotatable bonds is 0. The summed E-state index contributed by atoms with van der Waals surface area (Å²) in [4.78, 5) is 2.73. The van der Waals surface area contributed by atoms with Gasteiger partial charge in [0, 0.05) is 11.5 Å². The second-order valence-corrected chi connectivity index (χ2v) is 4.67. The molecule has 0 aromatic carbocycles. The first-order chi connectivity index (χ1) is 5.84. The molecule has 3 unspecified atom stereocenters. The third-order valence-electron chi connectivity index (χ3n) is 4.30. The van der Waals surface area contributed by atoms with Crippen molar-refractivity contribution in [3.63, 3.8) is 0 Å². The molecule has 1 nitrogen and oxygen atoms in total. The Balaban J connectivity index is 1.99. The Bertz CT molecular complexity index is 233. The van der Waals surface area contributed by atoms with Crippen LogP contribution in [0.2, 0.25) is 0 Å². The number of hydrogen-bond donors (Lipinski definition) is 0. The second kappa shape index (κ2) is 2.14. The summed E-state index contributed by atoms with van der Waals surface area (Å²) < 4.78 is 0. The van der Waals surface area contributed by atoms with Crippen molar-refractivity contribution in [2.45, 2.75) is 31.7 Å². The van der Waals surface area contributed by atoms with Crippen molar-refractivity contribution < 1.29 is 0 Å². The average Bonchev–Trinajstić information content (AvgIpc) is 2.26. The largest absolute Gasteiger partial charge is 0.293 e. The van der Waals surface area contributed by atoms with Crippen LogP contribution in [0.1, 0.15) is 26.2 Å². The standard InChI is InChI=1S/C11H17N/c1-9-3-2-7-12-8-5-10-4-6-11(9,10)12/h4,6,9-10H,2-3,5,7-8H2,1H3. The van der Waals surface area contributed by atoms with Crippen LogP contribution >= 0.6 is 0 Å². The van der Waals surface area contributed by atoms with Crippen LogP contribution in [0.3, 0.4) is 0 Å². The van der Waals surface area contributed by atoms with Crippen molar-refractivity contribution in [1.82, 2.24) is 4.90 Å². The highest BCUT2D eigenvalue weighted by Gasteiger charge is 2.54. The predicted molar refractivity (Wildman–Crippen MR) is 49.9 cm³/mol. The lowest BCUT2D eigenvalue weighted by atomic mass is 9.65. The van der Waals surface area contributed by atoms with Gasteiger partial charge in [-0.2, -0.15) is 0 Å². The van der Waals surface area contributed by atoms with Gasteiger partial charge in [0.05, 0.1) is 0 Å². The van der Waals surface area contributed by atoms with Gasteiger partial charge >= 0.3 is 0 Å². The van der Waals surface area contributed by atoms with Crippen LogP contribution in [0, 0.1) is 11.8 Å². The van der Waals surface area contributed by atoms with E-state index >= 15 is 0 Å². The number of hydrogen-bond acceptors (Lipinski definition) is 1. The molecular weight excluding hydrogens is 146 g/mol. The van der Waals surface area contributed by atoms with Gasteiger partial charge < -0.3 is 0 Å². The Hall–Kier alpha value is -0.300. The van der Waals surface area contributed by atoms with Gasteiger partial charge in [0.15, 0.2) is 0 Å². The Labute approximate surface area is 74.4 Å². The van der Waals surface area contributed by atoms with Crippen molar-refractivity contribution in [3.8, 4) is 0 Å². The van der Waals surface area contributed by atoms with E-state index in [9.17, 15) is 0 Å². The van der Waals surface area contributed by atoms with E-state index < -0.39 is 0 Å². The average molecular weight is 163 g/mol. The zero-order valence-electron chi connectivity index (χ0n) is 7.79. The molecule has 2 aliphatic heterocycles. The summed E-state index contributed by atoms with van der Waals surface area (Å²) in [6.45, 7) is 5.14. The molecule has 0 bridgehead atoms. The molecule has 12 heavy (non-hydrogen) atoms. The summed E-state index contributed by atoms with van der Waals surface area (Å²) >= 11 is 0. The molecule has 2 fully saturated rings. The van der Waals surface area contributed by atoms with E-state index in [1.165, 1.54) is 32.4 Å². The molecule has 1 spiro atoms. The highest BCUT2D eigenvalue weighted by Crippen LogP contribution is 2.52. The maximum Gasteiger partial charge on any atom is 0.0479 e. The highest BCUT2D eigenvalue weighted by atomic mass is 15.2. The lowest BCUT2D eigenvalue weighted by molar-refractivity contribution is 0.0463. The van der Waals surface area contributed by atoms with Gasteiger partial charge in [0.2, 0.25) is 0 Å². The zero-order chi connectivity index (χ0) is 8.18. The summed E-state index contributed by atoms with van der Waals surface area (Å²) in [6.07, 6.45) is 9.19. The van der Waals surface area contributed by atoms with Crippen LogP contribution in [0.25, 0.3) is 0 Å². The van der Waals surface area contributed by atoms with E-state index in [0.717, 1.165) is 11.8 Å². The fraction of sp³-hybridized carbons (Fsp3) is 0.818. The Morgan fingerprint density at radius 1 is 1.33 bits per heavy atom. The van der Waals surface area contributed by atoms with Crippen LogP contribution in [0.4, 0.5) is 0 Å². The van der Waals surface area contributed by atoms with Crippen molar-refractivity contribution in [1.29, 1.82) is 0 Å². The van der Waals surface area contributed by atoms with Crippen LogP contribution in [-0.4, -0.2) is 23.5 Å². The molecule has 3 aliphatic rings. The highest BCUT2D eigenvalue weighted by molar-refractivity contribution is 5.30. The maximum atomic E-state index is 2.73. The van der Waals surface area contributed by atoms with Crippen molar-refractivity contribution in [2.24, 2.45) is 11.8 Å². The Morgan fingerprint density at radius 2 is 2.25 bits per heavy atom. The summed E-state index contributed by atoms with van der Waals surface area (Å²) in [5.41, 5.74) is 0.540. The predicted octanol–water partition coefficient (Wildman–Crippen LogP) is 2.05. The fourth-order valence-electron chi connectivity index (χ4n) is 3.55. The minimum absolute atomic E-state index is 0.540. The monoisotopic (exact) mass is 163 g/mol. The third kappa shape index (κ3) is 0.610. The van der Waals surface area contributed by atoms with Gasteiger partial charge in [-0.25, -0.2) is 0 Å². The molecule has 0 aromatic heterocycles. The van der Waals surface area contributed by atoms with E-state index in [2.05, 4.69) is 24.0 Å². The van der Waals surface area contributed by atoms with E-state index in [1.807, 2.05) is 0 Å². The quantitative estimate of drug-likeness (QED) is 0.494. The van der Waals surface area contributed by atoms with E-state index in [-0.39, 0.29) is 0 Å². The molecule has 0 radical (unpaired) electrons. The molecule has 0 aromatic rings. The van der Waals surface area contributed by atoms with E-state index in [4.69, 9.17) is 0 Å². The number of piperidine rings is 1. The maximum absolute atomic E-state index is 2.73. The van der Waals surface area contributed by atoms with Crippen molar-refractivity contribution in [2.75, 3.05) is 13.1 Å². The van der Waals surface area contributed by atoms with Crippen LogP contribution < -0.4 is 0 Å². The third-order valence-corrected chi connectivity index (χ3v) is 4.30. The molecule has 0 saturated carbocycles. The topological polar surface area (TPSA) is 3.24 Å². The molecule has 0 amide bonds. The second-order valence-electron chi connectivity index (χ2n) is 4.67. The first-order valence-electron chi connectivity index (χ1n) is 5.28. The molecule has 2 saturated heterocycles. The SMILES string of the molecule is CC1CCCN2CCC3C=CC132. The first kappa shape index (κ1) is 7.14. The lowest BCUT2D eigenvalue weighted by Crippen LogP contribution is -2.57. The molecule has 1 heteroatoms. The fourth-order valence-corrected chi connectivity index (χ4v) is 3.55. The van der Waals surface area contributed by atoms with Gasteiger partial charge in [-0.3, -0.25) is 4.90 Å². The van der Waals surface area contributed by atoms with Gasteiger partial charge in [0.1, 0.15) is 0 Å². The van der Waals surface area contributed by atoms with Crippen LogP contribution in [-0.2, 0) is 0 Å². The molecule has 66 valence electrons. The molecular formula is C11H17N. The first-order valence-corrected chi connectivity index (χ1v) is 5.28. The summed E-state index contributed by atoms with van der Waals surface area (Å²) in [7, 11) is 0. The van der Waals surface area contributed by atoms with Crippen LogP contribution in [0.5, 0.6) is 0 Å². The Morgan fingerprint density at radius 3 is 2.92 bits per heavy atom. The number of nitrogens with zero attached hydrogens (tertiary/aromatic N) is 1. The van der Waals surface area contributed by atoms with Crippen LogP contribution in [0.15, 0.2) is 12.2 Å². The van der Waals surface area contributed by atoms with Crippen molar-refractivity contribution in [3.05, 3.63) is 12.2 Å². The zero-order valence-corrected chi connectivity index (χ0v) is 7.79. The molecule has 1 aliphatic carbocycles. The van der Waals surface area contributed by atoms with E-state index in [1.54, 1.807) is 0 Å². The smallest absolute Gasteiger partial charge is 0.0479 e. The molecule has 0 N–H and O–H groups in total. The molecule has 2 heterocycles. The van der Waals surface area contributed by atoms with Gasteiger partial charge in [0.25, 0.3) is 0 Å². The minimum atomic E-state index is 0.540. The lowest BCUT2D eigenvalue weighted by Gasteiger charge is -2.52. The normalized spacial score (nSPS) is 51.4. The summed E-state index contributed by atoms with van der Waals surface area (Å²) in [6, 6.07) is 0. The molecule has 3 rings (SSSR count). The Kier molecular flexibility index (Phi) is 1.27. The van der Waals surface area contributed by atoms with Gasteiger partial charge in [-0.15, -0.1) is 0 Å². The summed E-state index contributed by atoms with van der Waals surface area (Å²) in [5.74, 6) is 1.82. The van der Waals surface area contributed by atoms with Gasteiger partial charge in [-0.05, 0) is 38.3 Å². The summed E-state index contributed by atoms with van der Waals surface area (Å²) in [5, 5.41) is 0. The van der Waals surface area contributed by atoms with E-state index in [0.29, 0.717) is 5.54 Å². The minimum Gasteiger partial charge on any atom is -0.293 e. The van der Waals surface area contributed by atoms with Crippen molar-refractivity contribution >= 4 is 0 Å².